The Balaban J connectivity index is 0. The molecular weight excluding hydrogens is 298 g/mol. The van der Waals surface area contributed by atoms with Gasteiger partial charge in [0.25, 0.3) is 20.2 Å². The monoisotopic (exact) mass is 315 g/mol. The summed E-state index contributed by atoms with van der Waals surface area (Å²) in [6, 6.07) is 0. The van der Waals surface area contributed by atoms with E-state index < -0.39 is 20.2 Å². The van der Waals surface area contributed by atoms with Gasteiger partial charge >= 0.3 is 0 Å². The summed E-state index contributed by atoms with van der Waals surface area (Å²) in [5, 5.41) is 2.89. The Kier molecular flexibility index (Phi) is 9.31. The highest BCUT2D eigenvalue weighted by Crippen LogP contribution is 1.97. The van der Waals surface area contributed by atoms with Gasteiger partial charge in [-0.2, -0.15) is 16.8 Å². The number of rotatable bonds is 6. The molecule has 0 spiro atoms. The molecule has 0 heterocycles. The Bertz CT molecular complexity index is 495. The fourth-order valence-corrected chi connectivity index (χ4v) is 1.60. The largest absolute Gasteiger partial charge is 0.352 e. The minimum Gasteiger partial charge on any atom is -0.352 e. The van der Waals surface area contributed by atoms with Crippen molar-refractivity contribution in [3.05, 3.63) is 24.6 Å². The highest BCUT2D eigenvalue weighted by atomic mass is 32.2. The molecule has 19 heavy (non-hydrogen) atoms. The third-order valence-corrected chi connectivity index (χ3v) is 2.93. The molecule has 0 rings (SSSR count). The van der Waals surface area contributed by atoms with Crippen LogP contribution in [0, 0.1) is 5.92 Å². The van der Waals surface area contributed by atoms with Gasteiger partial charge in [-0.15, -0.1) is 0 Å². The summed E-state index contributed by atoms with van der Waals surface area (Å²) >= 11 is 0. The lowest BCUT2D eigenvalue weighted by Gasteiger charge is -2.08. The van der Waals surface area contributed by atoms with E-state index in [9.17, 15) is 21.6 Å². The highest BCUT2D eigenvalue weighted by molar-refractivity contribution is 7.88. The first-order valence-electron chi connectivity index (χ1n) is 4.86. The van der Waals surface area contributed by atoms with E-state index in [0.717, 1.165) is 6.08 Å². The minimum atomic E-state index is -3.96. The number of nitrogens with one attached hydrogen (secondary N) is 1. The zero-order valence-electron chi connectivity index (χ0n) is 10.3. The van der Waals surface area contributed by atoms with Crippen LogP contribution in [0.15, 0.2) is 24.6 Å². The normalized spacial score (nSPS) is 12.6. The molecule has 3 N–H and O–H groups in total. The maximum absolute atomic E-state index is 10.6. The van der Waals surface area contributed by atoms with Crippen molar-refractivity contribution in [2.24, 2.45) is 5.92 Å². The van der Waals surface area contributed by atoms with Crippen LogP contribution < -0.4 is 5.32 Å². The summed E-state index contributed by atoms with van der Waals surface area (Å²) in [5.41, 5.74) is 0. The van der Waals surface area contributed by atoms with Crippen LogP contribution in [0.3, 0.4) is 0 Å². The van der Waals surface area contributed by atoms with Crippen LogP contribution in [0.25, 0.3) is 0 Å². The summed E-state index contributed by atoms with van der Waals surface area (Å²) in [7, 11) is -7.85. The predicted molar refractivity (Wildman–Crippen MR) is 70.5 cm³/mol. The zero-order valence-corrected chi connectivity index (χ0v) is 11.9. The fourth-order valence-electron chi connectivity index (χ4n) is 0.765. The van der Waals surface area contributed by atoms with Crippen LogP contribution in [0.1, 0.15) is 6.92 Å². The van der Waals surface area contributed by atoms with Gasteiger partial charge in [-0.3, -0.25) is 13.9 Å². The lowest BCUT2D eigenvalue weighted by molar-refractivity contribution is -0.116. The lowest BCUT2D eigenvalue weighted by Crippen LogP contribution is -2.29. The molecule has 0 radical (unpaired) electrons. The second-order valence-corrected chi connectivity index (χ2v) is 6.35. The molecule has 112 valence electrons. The summed E-state index contributed by atoms with van der Waals surface area (Å²) in [6.45, 7) is 7.83. The molecule has 0 bridgehead atoms. The third kappa shape index (κ3) is 19.3. The van der Waals surface area contributed by atoms with Gasteiger partial charge < -0.3 is 5.32 Å². The van der Waals surface area contributed by atoms with E-state index in [2.05, 4.69) is 18.5 Å². The number of amides is 1. The van der Waals surface area contributed by atoms with Crippen LogP contribution in [0.2, 0.25) is 0 Å². The Morgan fingerprint density at radius 1 is 1.26 bits per heavy atom. The molecule has 0 saturated heterocycles. The molecule has 0 fully saturated rings. The quantitative estimate of drug-likeness (QED) is 0.457. The Morgan fingerprint density at radius 3 is 1.95 bits per heavy atom. The fraction of sp³-hybridized carbons (Fsp3) is 0.444. The van der Waals surface area contributed by atoms with E-state index >= 15 is 0 Å². The van der Waals surface area contributed by atoms with E-state index in [1.165, 1.54) is 0 Å². The highest BCUT2D eigenvalue weighted by Gasteiger charge is 2.12. The van der Waals surface area contributed by atoms with Gasteiger partial charge in [-0.1, -0.05) is 20.1 Å². The Hall–Kier alpha value is -1.23. The first-order valence-corrected chi connectivity index (χ1v) is 7.98. The summed E-state index contributed by atoms with van der Waals surface area (Å²) in [4.78, 5) is 10.6. The first-order chi connectivity index (χ1) is 8.41. The van der Waals surface area contributed by atoms with Crippen LogP contribution >= 0.6 is 0 Å². The molecule has 10 heteroatoms. The van der Waals surface area contributed by atoms with Crippen molar-refractivity contribution in [3.8, 4) is 0 Å². The van der Waals surface area contributed by atoms with Gasteiger partial charge in [0.2, 0.25) is 5.91 Å². The molecule has 0 aliphatic carbocycles. The first kappa shape index (κ1) is 20.1. The van der Waals surface area contributed by atoms with Gasteiger partial charge in [0.15, 0.2) is 0 Å². The number of carbonyl (C=O) groups is 1. The van der Waals surface area contributed by atoms with Crippen molar-refractivity contribution >= 4 is 26.1 Å². The lowest BCUT2D eigenvalue weighted by atomic mass is 10.2. The van der Waals surface area contributed by atoms with E-state index in [1.54, 1.807) is 6.92 Å². The van der Waals surface area contributed by atoms with Gasteiger partial charge in [0, 0.05) is 6.54 Å². The van der Waals surface area contributed by atoms with Gasteiger partial charge in [-0.25, -0.2) is 0 Å². The maximum Gasteiger partial charge on any atom is 0.287 e. The predicted octanol–water partition coefficient (Wildman–Crippen LogP) is -0.170. The second kappa shape index (κ2) is 8.80. The topological polar surface area (TPSA) is 138 Å². The third-order valence-electron chi connectivity index (χ3n) is 1.52. The second-order valence-electron chi connectivity index (χ2n) is 3.48. The van der Waals surface area contributed by atoms with Gasteiger partial charge in [0.05, 0.1) is 11.2 Å². The maximum atomic E-state index is 10.6. The van der Waals surface area contributed by atoms with Crippen molar-refractivity contribution in [1.29, 1.82) is 0 Å². The molecule has 1 unspecified atom stereocenters. The number of hydrogen-bond donors (Lipinski definition) is 3. The molecular formula is C9H17NO7S2. The summed E-state index contributed by atoms with van der Waals surface area (Å²) in [5.74, 6) is -1.04. The molecule has 8 nitrogen and oxygen atoms in total. The van der Waals surface area contributed by atoms with Crippen molar-refractivity contribution in [2.45, 2.75) is 6.92 Å². The summed E-state index contributed by atoms with van der Waals surface area (Å²) < 4.78 is 55.8. The van der Waals surface area contributed by atoms with E-state index in [0.29, 0.717) is 5.41 Å². The number of carbonyl (C=O) groups excluding carboxylic acids is 1. The van der Waals surface area contributed by atoms with Crippen molar-refractivity contribution < 1.29 is 30.7 Å². The van der Waals surface area contributed by atoms with Crippen molar-refractivity contribution in [2.75, 3.05) is 12.3 Å². The molecule has 0 aromatic heterocycles. The van der Waals surface area contributed by atoms with Crippen LogP contribution in [-0.2, 0) is 25.0 Å². The molecule has 0 aliphatic rings. The standard InChI is InChI=1S/C7H13NO4S.C2H4O3S/c1-3-7(9)8-4-6(2)5-13(10,11)12;1-2-6(3,4)5/h3,6H,1,4-5H2,2H3,(H,8,9)(H,10,11,12);2H,1H2,(H,3,4,5). The zero-order chi connectivity index (χ0) is 15.7. The average Bonchev–Trinajstić information content (AvgIpc) is 2.23. The molecule has 0 aromatic rings. The Morgan fingerprint density at radius 2 is 1.68 bits per heavy atom. The van der Waals surface area contributed by atoms with Crippen LogP contribution in [-0.4, -0.2) is 44.1 Å². The molecule has 1 atom stereocenters. The van der Waals surface area contributed by atoms with Crippen molar-refractivity contribution in [1.82, 2.24) is 5.32 Å². The molecule has 0 saturated carbocycles. The summed E-state index contributed by atoms with van der Waals surface area (Å²) in [6.07, 6.45) is 1.10. The molecule has 0 aromatic carbocycles. The van der Waals surface area contributed by atoms with Crippen LogP contribution in [0.4, 0.5) is 0 Å². The van der Waals surface area contributed by atoms with Crippen LogP contribution in [0.5, 0.6) is 0 Å². The van der Waals surface area contributed by atoms with Gasteiger partial charge in [0.1, 0.15) is 0 Å². The molecule has 0 aliphatic heterocycles. The van der Waals surface area contributed by atoms with Crippen molar-refractivity contribution in [3.63, 3.8) is 0 Å². The van der Waals surface area contributed by atoms with Gasteiger partial charge in [-0.05, 0) is 12.0 Å². The minimum absolute atomic E-state index is 0.199. The Labute approximate surface area is 112 Å². The van der Waals surface area contributed by atoms with E-state index in [1.807, 2.05) is 0 Å². The smallest absolute Gasteiger partial charge is 0.287 e. The number of hydrogen-bond acceptors (Lipinski definition) is 5. The molecule has 1 amide bonds. The average molecular weight is 315 g/mol. The SMILES string of the molecule is C=CC(=O)NCC(C)CS(=O)(=O)O.C=CS(=O)(=O)O. The van der Waals surface area contributed by atoms with E-state index in [-0.39, 0.29) is 24.1 Å². The van der Waals surface area contributed by atoms with E-state index in [4.69, 9.17) is 9.11 Å².